The number of hydrogen-bond acceptors (Lipinski definition) is 4. The lowest BCUT2D eigenvalue weighted by Gasteiger charge is -2.19. The lowest BCUT2D eigenvalue weighted by Crippen LogP contribution is -2.30. The van der Waals surface area contributed by atoms with E-state index in [-0.39, 0.29) is 18.5 Å². The van der Waals surface area contributed by atoms with E-state index in [9.17, 15) is 9.18 Å². The van der Waals surface area contributed by atoms with E-state index in [1.54, 1.807) is 19.0 Å². The number of halogens is 1. The van der Waals surface area contributed by atoms with Gasteiger partial charge in [0.2, 0.25) is 0 Å². The second-order valence-electron chi connectivity index (χ2n) is 5.93. The SMILES string of the molecule is CCC(C)CO[C@@H](CC)Cn1cc(F)c(N=CN(C)C)nc1=O. The Morgan fingerprint density at radius 3 is 2.70 bits per heavy atom. The number of nitrogens with zero attached hydrogens (tertiary/aromatic N) is 4. The van der Waals surface area contributed by atoms with Gasteiger partial charge in [-0.1, -0.05) is 27.2 Å². The Kier molecular flexibility index (Phi) is 7.88. The second kappa shape index (κ2) is 9.39. The number of hydrogen-bond donors (Lipinski definition) is 0. The van der Waals surface area contributed by atoms with Crippen LogP contribution < -0.4 is 5.69 Å². The van der Waals surface area contributed by atoms with Gasteiger partial charge in [0.15, 0.2) is 11.6 Å². The Bertz CT molecular complexity index is 572. The summed E-state index contributed by atoms with van der Waals surface area (Å²) in [6, 6.07) is 0. The third-order valence-electron chi connectivity index (χ3n) is 3.51. The molecule has 0 saturated carbocycles. The van der Waals surface area contributed by atoms with E-state index < -0.39 is 11.5 Å². The second-order valence-corrected chi connectivity index (χ2v) is 5.93. The summed E-state index contributed by atoms with van der Waals surface area (Å²) in [5.41, 5.74) is -0.525. The topological polar surface area (TPSA) is 59.7 Å². The quantitative estimate of drug-likeness (QED) is 0.516. The maximum absolute atomic E-state index is 14.0. The Morgan fingerprint density at radius 2 is 2.13 bits per heavy atom. The minimum Gasteiger partial charge on any atom is -0.376 e. The van der Waals surface area contributed by atoms with Gasteiger partial charge in [0.25, 0.3) is 0 Å². The zero-order valence-corrected chi connectivity index (χ0v) is 14.6. The summed E-state index contributed by atoms with van der Waals surface area (Å²) in [5.74, 6) is -0.369. The highest BCUT2D eigenvalue weighted by Crippen LogP contribution is 2.12. The van der Waals surface area contributed by atoms with Crippen molar-refractivity contribution in [3.63, 3.8) is 0 Å². The molecule has 0 aliphatic heterocycles. The maximum Gasteiger partial charge on any atom is 0.349 e. The van der Waals surface area contributed by atoms with Gasteiger partial charge in [-0.2, -0.15) is 4.98 Å². The van der Waals surface area contributed by atoms with Crippen molar-refractivity contribution >= 4 is 12.2 Å². The zero-order chi connectivity index (χ0) is 17.4. The monoisotopic (exact) mass is 326 g/mol. The Hall–Kier alpha value is -1.76. The van der Waals surface area contributed by atoms with E-state index in [1.165, 1.54) is 10.9 Å². The van der Waals surface area contributed by atoms with Crippen molar-refractivity contribution in [2.24, 2.45) is 10.9 Å². The Labute approximate surface area is 137 Å². The molecule has 1 unspecified atom stereocenters. The third-order valence-corrected chi connectivity index (χ3v) is 3.51. The van der Waals surface area contributed by atoms with Gasteiger partial charge in [-0.3, -0.25) is 4.57 Å². The maximum atomic E-state index is 14.0. The summed E-state index contributed by atoms with van der Waals surface area (Å²) >= 11 is 0. The molecule has 0 radical (unpaired) electrons. The highest BCUT2D eigenvalue weighted by molar-refractivity contribution is 5.58. The smallest absolute Gasteiger partial charge is 0.349 e. The molecule has 0 saturated heterocycles. The van der Waals surface area contributed by atoms with Crippen LogP contribution in [0.4, 0.5) is 10.2 Å². The van der Waals surface area contributed by atoms with Crippen molar-refractivity contribution in [2.75, 3.05) is 20.7 Å². The van der Waals surface area contributed by atoms with Crippen molar-refractivity contribution in [1.82, 2.24) is 14.5 Å². The molecule has 2 atom stereocenters. The molecule has 0 aliphatic rings. The molecule has 1 heterocycles. The molecule has 0 aliphatic carbocycles. The summed E-state index contributed by atoms with van der Waals surface area (Å²) < 4.78 is 21.1. The van der Waals surface area contributed by atoms with Gasteiger partial charge in [0.05, 0.1) is 19.0 Å². The van der Waals surface area contributed by atoms with Gasteiger partial charge < -0.3 is 9.64 Å². The first kappa shape index (κ1) is 19.3. The van der Waals surface area contributed by atoms with Gasteiger partial charge in [-0.25, -0.2) is 14.2 Å². The zero-order valence-electron chi connectivity index (χ0n) is 14.6. The molecular weight excluding hydrogens is 299 g/mol. The van der Waals surface area contributed by atoms with Crippen molar-refractivity contribution in [2.45, 2.75) is 46.3 Å². The molecule has 130 valence electrons. The largest absolute Gasteiger partial charge is 0.376 e. The molecule has 0 spiro atoms. The van der Waals surface area contributed by atoms with E-state index in [4.69, 9.17) is 4.74 Å². The summed E-state index contributed by atoms with van der Waals surface area (Å²) in [6.45, 7) is 7.10. The van der Waals surface area contributed by atoms with Crippen molar-refractivity contribution < 1.29 is 9.13 Å². The van der Waals surface area contributed by atoms with Gasteiger partial charge in [0, 0.05) is 26.9 Å². The predicted octanol–water partition coefficient (Wildman–Crippen LogP) is 2.45. The molecule has 23 heavy (non-hydrogen) atoms. The van der Waals surface area contributed by atoms with Crippen molar-refractivity contribution in [3.05, 3.63) is 22.5 Å². The first-order chi connectivity index (χ1) is 10.9. The van der Waals surface area contributed by atoms with Crippen LogP contribution in [0.3, 0.4) is 0 Å². The number of aliphatic imine (C=N–C) groups is 1. The number of rotatable bonds is 9. The molecule has 0 fully saturated rings. The average Bonchev–Trinajstić information content (AvgIpc) is 2.52. The van der Waals surface area contributed by atoms with E-state index in [0.717, 1.165) is 19.0 Å². The van der Waals surface area contributed by atoms with E-state index in [0.29, 0.717) is 12.5 Å². The van der Waals surface area contributed by atoms with Gasteiger partial charge >= 0.3 is 5.69 Å². The summed E-state index contributed by atoms with van der Waals surface area (Å²) in [6.07, 6.45) is 4.18. The minimum atomic E-state index is -0.625. The summed E-state index contributed by atoms with van der Waals surface area (Å²) in [5, 5.41) is 0. The molecule has 0 amide bonds. The van der Waals surface area contributed by atoms with Crippen LogP contribution >= 0.6 is 0 Å². The van der Waals surface area contributed by atoms with E-state index >= 15 is 0 Å². The first-order valence-electron chi connectivity index (χ1n) is 7.96. The van der Waals surface area contributed by atoms with Crippen LogP contribution in [0.2, 0.25) is 0 Å². The fourth-order valence-electron chi connectivity index (χ4n) is 1.79. The minimum absolute atomic E-state index is 0.140. The van der Waals surface area contributed by atoms with E-state index in [2.05, 4.69) is 23.8 Å². The molecule has 6 nitrogen and oxygen atoms in total. The summed E-state index contributed by atoms with van der Waals surface area (Å²) in [4.78, 5) is 21.2. The highest BCUT2D eigenvalue weighted by Gasteiger charge is 2.13. The molecule has 1 aromatic rings. The molecular formula is C16H27FN4O2. The molecule has 1 aromatic heterocycles. The van der Waals surface area contributed by atoms with E-state index in [1.807, 2.05) is 6.92 Å². The van der Waals surface area contributed by atoms with Crippen LogP contribution in [0, 0.1) is 11.7 Å². The van der Waals surface area contributed by atoms with Crippen LogP contribution in [0.15, 0.2) is 16.0 Å². The standard InChI is InChI=1S/C16H27FN4O2/c1-6-12(3)10-23-13(7-2)8-21-9-14(17)15(19-16(21)22)18-11-20(4)5/h9,11-13H,6-8,10H2,1-5H3/t12?,13-/m0/s1. The van der Waals surface area contributed by atoms with Crippen LogP contribution in [0.25, 0.3) is 0 Å². The summed E-state index contributed by atoms with van der Waals surface area (Å²) in [7, 11) is 3.51. The highest BCUT2D eigenvalue weighted by atomic mass is 19.1. The predicted molar refractivity (Wildman–Crippen MR) is 89.8 cm³/mol. The molecule has 0 N–H and O–H groups in total. The van der Waals surface area contributed by atoms with Crippen LogP contribution in [-0.2, 0) is 11.3 Å². The number of ether oxygens (including phenoxy) is 1. The Morgan fingerprint density at radius 1 is 1.43 bits per heavy atom. The molecule has 1 rings (SSSR count). The molecule has 0 aromatic carbocycles. The number of aromatic nitrogens is 2. The lowest BCUT2D eigenvalue weighted by molar-refractivity contribution is 0.0185. The van der Waals surface area contributed by atoms with Crippen LogP contribution in [-0.4, -0.2) is 47.6 Å². The van der Waals surface area contributed by atoms with Crippen LogP contribution in [0.5, 0.6) is 0 Å². The van der Waals surface area contributed by atoms with Gasteiger partial charge in [0.1, 0.15) is 0 Å². The first-order valence-corrected chi connectivity index (χ1v) is 7.96. The average molecular weight is 326 g/mol. The normalized spacial score (nSPS) is 14.2. The van der Waals surface area contributed by atoms with Crippen molar-refractivity contribution in [3.8, 4) is 0 Å². The molecule has 0 bridgehead atoms. The molecule has 7 heteroatoms. The third kappa shape index (κ3) is 6.48. The fraction of sp³-hybridized carbons (Fsp3) is 0.688. The Balaban J connectivity index is 2.84. The lowest BCUT2D eigenvalue weighted by atomic mass is 10.1. The van der Waals surface area contributed by atoms with Crippen molar-refractivity contribution in [1.29, 1.82) is 0 Å². The van der Waals surface area contributed by atoms with Gasteiger partial charge in [-0.15, -0.1) is 0 Å². The van der Waals surface area contributed by atoms with Crippen LogP contribution in [0.1, 0.15) is 33.6 Å². The van der Waals surface area contributed by atoms with Gasteiger partial charge in [-0.05, 0) is 12.3 Å². The fourth-order valence-corrected chi connectivity index (χ4v) is 1.79.